The van der Waals surface area contributed by atoms with Crippen LogP contribution in [0.3, 0.4) is 0 Å². The van der Waals surface area contributed by atoms with E-state index in [0.717, 1.165) is 60.3 Å². The van der Waals surface area contributed by atoms with Crippen LogP contribution >= 0.6 is 0 Å². The summed E-state index contributed by atoms with van der Waals surface area (Å²) in [4.78, 5) is 15.5. The molecular weight excluding hydrogens is 366 g/mol. The molecule has 0 unspecified atom stereocenters. The maximum atomic E-state index is 13.2. The van der Waals surface area contributed by atoms with E-state index in [-0.39, 0.29) is 5.91 Å². The first kappa shape index (κ1) is 21.2. The van der Waals surface area contributed by atoms with Gasteiger partial charge in [0.2, 0.25) is 0 Å². The Hall–Kier alpha value is -2.47. The number of hydrogen-bond acceptors (Lipinski definition) is 4. The molecule has 0 aliphatic carbocycles. The Bertz CT molecular complexity index is 851. The molecule has 1 aliphatic rings. The molecule has 6 heteroatoms. The van der Waals surface area contributed by atoms with Crippen LogP contribution in [0.1, 0.15) is 41.2 Å². The van der Waals surface area contributed by atoms with Crippen LogP contribution in [0, 0.1) is 19.8 Å². The van der Waals surface area contributed by atoms with Gasteiger partial charge in [0.05, 0.1) is 26.0 Å². The fourth-order valence-corrected chi connectivity index (χ4v) is 3.96. The summed E-state index contributed by atoms with van der Waals surface area (Å²) >= 11 is 0. The Balaban J connectivity index is 2.02. The molecule has 1 aromatic heterocycles. The first-order chi connectivity index (χ1) is 13.9. The van der Waals surface area contributed by atoms with Gasteiger partial charge in [0.1, 0.15) is 11.4 Å². The van der Waals surface area contributed by atoms with Gasteiger partial charge in [-0.2, -0.15) is 0 Å². The Labute approximate surface area is 173 Å². The van der Waals surface area contributed by atoms with Crippen LogP contribution in [-0.2, 0) is 11.3 Å². The molecule has 3 rings (SSSR count). The average molecular weight is 400 g/mol. The third kappa shape index (κ3) is 4.75. The topological polar surface area (TPSA) is 55.7 Å². The molecule has 0 radical (unpaired) electrons. The number of methoxy groups -OCH3 is 1. The fourth-order valence-electron chi connectivity index (χ4n) is 3.96. The number of ether oxygens (including phenoxy) is 2. The highest BCUT2D eigenvalue weighted by Gasteiger charge is 2.27. The third-order valence-corrected chi connectivity index (χ3v) is 5.42. The summed E-state index contributed by atoms with van der Waals surface area (Å²) < 4.78 is 13.1. The molecule has 1 aromatic carbocycles. The van der Waals surface area contributed by atoms with E-state index in [1.54, 1.807) is 7.11 Å². The first-order valence-corrected chi connectivity index (χ1v) is 10.4. The number of rotatable bonds is 7. The minimum absolute atomic E-state index is 0.0123. The molecule has 158 valence electrons. The maximum absolute atomic E-state index is 13.2. The molecule has 0 saturated carbocycles. The van der Waals surface area contributed by atoms with Crippen LogP contribution in [-0.4, -0.2) is 50.4 Å². The normalized spacial score (nSPS) is 14.3. The third-order valence-electron chi connectivity index (χ3n) is 5.42. The smallest absolute Gasteiger partial charge is 0.268 e. The first-order valence-electron chi connectivity index (χ1n) is 10.4. The van der Waals surface area contributed by atoms with Crippen molar-refractivity contribution in [3.8, 4) is 5.75 Å². The number of hydrogen-bond donors (Lipinski definition) is 1. The molecule has 2 aromatic rings. The molecule has 1 N–H and O–H groups in total. The van der Waals surface area contributed by atoms with E-state index in [2.05, 4.69) is 48.5 Å². The second-order valence-corrected chi connectivity index (χ2v) is 8.05. The summed E-state index contributed by atoms with van der Waals surface area (Å²) in [6.45, 7) is 12.8. The van der Waals surface area contributed by atoms with Crippen LogP contribution in [0.25, 0.3) is 0 Å². The van der Waals surface area contributed by atoms with Gasteiger partial charge in [-0.1, -0.05) is 26.0 Å². The zero-order valence-electron chi connectivity index (χ0n) is 18.2. The van der Waals surface area contributed by atoms with E-state index in [1.165, 1.54) is 0 Å². The minimum Gasteiger partial charge on any atom is -0.497 e. The molecule has 0 bridgehead atoms. The van der Waals surface area contributed by atoms with Gasteiger partial charge in [-0.25, -0.2) is 0 Å². The molecule has 0 spiro atoms. The van der Waals surface area contributed by atoms with Gasteiger partial charge >= 0.3 is 0 Å². The van der Waals surface area contributed by atoms with Crippen LogP contribution in [0.4, 0.5) is 5.69 Å². The van der Waals surface area contributed by atoms with Gasteiger partial charge in [-0.3, -0.25) is 4.79 Å². The minimum atomic E-state index is -0.0123. The highest BCUT2D eigenvalue weighted by Crippen LogP contribution is 2.32. The Morgan fingerprint density at radius 1 is 1.24 bits per heavy atom. The van der Waals surface area contributed by atoms with Crippen molar-refractivity contribution in [2.75, 3.05) is 44.9 Å². The molecule has 1 saturated heterocycles. The van der Waals surface area contributed by atoms with Gasteiger partial charge < -0.3 is 24.3 Å². The summed E-state index contributed by atoms with van der Waals surface area (Å²) in [5.41, 5.74) is 5.16. The average Bonchev–Trinajstić information content (AvgIpc) is 2.96. The standard InChI is InChI=1S/C23H33N3O3/c1-16(2)14-24-23(27)22-17(3)21(25-9-11-29-12-10-25)18(4)26(22)15-19-7-6-8-20(13-19)28-5/h6-8,13,16H,9-12,14-15H2,1-5H3,(H,24,27). The Kier molecular flexibility index (Phi) is 6.85. The van der Waals surface area contributed by atoms with Crippen molar-refractivity contribution < 1.29 is 14.3 Å². The molecule has 2 heterocycles. The number of aromatic nitrogens is 1. The van der Waals surface area contributed by atoms with E-state index in [4.69, 9.17) is 9.47 Å². The predicted octanol–water partition coefficient (Wildman–Crippen LogP) is 3.38. The summed E-state index contributed by atoms with van der Waals surface area (Å²) in [5.74, 6) is 1.21. The van der Waals surface area contributed by atoms with Crippen LogP contribution in [0.5, 0.6) is 5.75 Å². The number of benzene rings is 1. The molecule has 1 amide bonds. The Morgan fingerprint density at radius 3 is 2.62 bits per heavy atom. The molecule has 29 heavy (non-hydrogen) atoms. The lowest BCUT2D eigenvalue weighted by atomic mass is 10.1. The number of carbonyl (C=O) groups excluding carboxylic acids is 1. The molecule has 1 fully saturated rings. The number of nitrogens with zero attached hydrogens (tertiary/aromatic N) is 2. The fraction of sp³-hybridized carbons (Fsp3) is 0.522. The van der Waals surface area contributed by atoms with Crippen molar-refractivity contribution in [2.45, 2.75) is 34.2 Å². The number of carbonyl (C=O) groups is 1. The number of amides is 1. The lowest BCUT2D eigenvalue weighted by molar-refractivity contribution is 0.0939. The SMILES string of the molecule is COc1cccc(Cn2c(C)c(N3CCOCC3)c(C)c2C(=O)NCC(C)C)c1. The summed E-state index contributed by atoms with van der Waals surface area (Å²) in [7, 11) is 1.67. The highest BCUT2D eigenvalue weighted by molar-refractivity contribution is 5.96. The molecule has 1 aliphatic heterocycles. The zero-order valence-corrected chi connectivity index (χ0v) is 18.2. The van der Waals surface area contributed by atoms with E-state index in [1.807, 2.05) is 18.2 Å². The van der Waals surface area contributed by atoms with E-state index in [0.29, 0.717) is 19.0 Å². The Morgan fingerprint density at radius 2 is 1.97 bits per heavy atom. The maximum Gasteiger partial charge on any atom is 0.268 e. The van der Waals surface area contributed by atoms with Crippen molar-refractivity contribution in [3.05, 3.63) is 46.8 Å². The monoisotopic (exact) mass is 399 g/mol. The second-order valence-electron chi connectivity index (χ2n) is 8.05. The van der Waals surface area contributed by atoms with Crippen molar-refractivity contribution in [2.24, 2.45) is 5.92 Å². The van der Waals surface area contributed by atoms with Crippen LogP contribution in [0.2, 0.25) is 0 Å². The van der Waals surface area contributed by atoms with E-state index < -0.39 is 0 Å². The molecular formula is C23H33N3O3. The summed E-state index contributed by atoms with van der Waals surface area (Å²) in [6.07, 6.45) is 0. The number of morpholine rings is 1. The van der Waals surface area contributed by atoms with Gasteiger partial charge in [0.15, 0.2) is 0 Å². The van der Waals surface area contributed by atoms with Gasteiger partial charge in [-0.05, 0) is 37.5 Å². The summed E-state index contributed by atoms with van der Waals surface area (Å²) in [5, 5.41) is 3.10. The van der Waals surface area contributed by atoms with Crippen LogP contribution < -0.4 is 15.0 Å². The highest BCUT2D eigenvalue weighted by atomic mass is 16.5. The van der Waals surface area contributed by atoms with Crippen molar-refractivity contribution in [1.29, 1.82) is 0 Å². The number of nitrogens with one attached hydrogen (secondary N) is 1. The van der Waals surface area contributed by atoms with Crippen molar-refractivity contribution in [3.63, 3.8) is 0 Å². The van der Waals surface area contributed by atoms with Crippen molar-refractivity contribution >= 4 is 11.6 Å². The lowest BCUT2D eigenvalue weighted by Gasteiger charge is -2.29. The largest absolute Gasteiger partial charge is 0.497 e. The zero-order chi connectivity index (χ0) is 21.0. The van der Waals surface area contributed by atoms with E-state index in [9.17, 15) is 4.79 Å². The van der Waals surface area contributed by atoms with Crippen LogP contribution in [0.15, 0.2) is 24.3 Å². The van der Waals surface area contributed by atoms with E-state index >= 15 is 0 Å². The van der Waals surface area contributed by atoms with Gasteiger partial charge in [0, 0.05) is 37.4 Å². The molecule has 0 atom stereocenters. The van der Waals surface area contributed by atoms with Gasteiger partial charge in [0.25, 0.3) is 5.91 Å². The molecule has 6 nitrogen and oxygen atoms in total. The second kappa shape index (κ2) is 9.35. The lowest BCUT2D eigenvalue weighted by Crippen LogP contribution is -2.36. The van der Waals surface area contributed by atoms with Gasteiger partial charge in [-0.15, -0.1) is 0 Å². The number of anilines is 1. The predicted molar refractivity (Wildman–Crippen MR) is 116 cm³/mol. The summed E-state index contributed by atoms with van der Waals surface area (Å²) in [6, 6.07) is 8.02. The van der Waals surface area contributed by atoms with Crippen molar-refractivity contribution in [1.82, 2.24) is 9.88 Å². The quantitative estimate of drug-likeness (QED) is 0.775.